The van der Waals surface area contributed by atoms with E-state index in [2.05, 4.69) is 15.4 Å². The van der Waals surface area contributed by atoms with Crippen LogP contribution in [0.1, 0.15) is 58.7 Å². The van der Waals surface area contributed by atoms with Crippen molar-refractivity contribution in [2.24, 2.45) is 0 Å². The van der Waals surface area contributed by atoms with Crippen LogP contribution in [0.25, 0.3) is 0 Å². The lowest BCUT2D eigenvalue weighted by Gasteiger charge is -2.33. The van der Waals surface area contributed by atoms with Gasteiger partial charge in [-0.15, -0.1) is 0 Å². The molecule has 1 aromatic rings. The third kappa shape index (κ3) is 4.52. The van der Waals surface area contributed by atoms with Crippen molar-refractivity contribution in [3.8, 4) is 0 Å². The van der Waals surface area contributed by atoms with Gasteiger partial charge >= 0.3 is 5.97 Å². The second-order valence-corrected chi connectivity index (χ2v) is 6.06. The lowest BCUT2D eigenvalue weighted by Crippen LogP contribution is -2.54. The molecule has 1 heterocycles. The van der Waals surface area contributed by atoms with Gasteiger partial charge < -0.3 is 4.74 Å². The molecule has 2 atom stereocenters. The summed E-state index contributed by atoms with van der Waals surface area (Å²) in [6.07, 6.45) is 0.591. The van der Waals surface area contributed by atoms with Gasteiger partial charge in [-0.3, -0.25) is 10.1 Å². The minimum Gasteiger partial charge on any atom is -0.465 e. The van der Waals surface area contributed by atoms with Crippen LogP contribution in [0.4, 0.5) is 0 Å². The highest BCUT2D eigenvalue weighted by Crippen LogP contribution is 2.23. The van der Waals surface area contributed by atoms with Gasteiger partial charge in [-0.1, -0.05) is 0 Å². The molecule has 1 rings (SSSR count). The Labute approximate surface area is 127 Å². The van der Waals surface area contributed by atoms with Gasteiger partial charge in [-0.05, 0) is 54.9 Å². The quantitative estimate of drug-likeness (QED) is 0.781. The van der Waals surface area contributed by atoms with E-state index in [-0.39, 0.29) is 18.1 Å². The van der Waals surface area contributed by atoms with E-state index in [1.165, 1.54) is 0 Å². The maximum absolute atomic E-state index is 12.3. The molecular formula is C15H28N4O2. The number of hydrogen-bond donors (Lipinski definition) is 1. The summed E-state index contributed by atoms with van der Waals surface area (Å²) in [6, 6.07) is 0.233. The number of carbonyl (C=O) groups excluding carboxylic acids is 1. The van der Waals surface area contributed by atoms with E-state index in [0.29, 0.717) is 13.0 Å². The van der Waals surface area contributed by atoms with E-state index < -0.39 is 5.54 Å². The first-order chi connectivity index (χ1) is 9.69. The third-order valence-electron chi connectivity index (χ3n) is 3.36. The number of carbonyl (C=O) groups is 1. The van der Waals surface area contributed by atoms with Crippen LogP contribution >= 0.6 is 0 Å². The molecular weight excluding hydrogens is 268 g/mol. The molecule has 0 saturated heterocycles. The van der Waals surface area contributed by atoms with Crippen LogP contribution in [0.15, 0.2) is 0 Å². The summed E-state index contributed by atoms with van der Waals surface area (Å²) in [5, 5.41) is 7.74. The van der Waals surface area contributed by atoms with Crippen LogP contribution in [0.5, 0.6) is 0 Å². The van der Waals surface area contributed by atoms with Crippen LogP contribution in [0.3, 0.4) is 0 Å². The number of hydrogen-bond acceptors (Lipinski definition) is 5. The van der Waals surface area contributed by atoms with Crippen molar-refractivity contribution in [3.05, 3.63) is 11.6 Å². The Bertz CT molecular complexity index is 484. The van der Waals surface area contributed by atoms with Gasteiger partial charge in [0, 0.05) is 6.04 Å². The molecule has 0 saturated carbocycles. The monoisotopic (exact) mass is 296 g/mol. The van der Waals surface area contributed by atoms with Crippen molar-refractivity contribution < 1.29 is 9.53 Å². The van der Waals surface area contributed by atoms with Crippen LogP contribution in [-0.4, -0.2) is 38.9 Å². The summed E-state index contributed by atoms with van der Waals surface area (Å²) >= 11 is 0. The molecule has 0 aliphatic heterocycles. The van der Waals surface area contributed by atoms with E-state index in [1.807, 2.05) is 53.1 Å². The number of aryl methyl sites for hydroxylation is 2. The highest BCUT2D eigenvalue weighted by molar-refractivity contribution is 5.80. The molecule has 2 unspecified atom stereocenters. The van der Waals surface area contributed by atoms with Gasteiger partial charge in [-0.2, -0.15) is 5.10 Å². The van der Waals surface area contributed by atoms with Crippen molar-refractivity contribution in [2.75, 3.05) is 6.61 Å². The first-order valence-corrected chi connectivity index (χ1v) is 7.54. The van der Waals surface area contributed by atoms with Gasteiger partial charge in [0.15, 0.2) is 0 Å². The fourth-order valence-electron chi connectivity index (χ4n) is 2.76. The molecule has 0 bridgehead atoms. The van der Waals surface area contributed by atoms with Gasteiger partial charge in [0.25, 0.3) is 0 Å². The molecule has 1 N–H and O–H groups in total. The molecule has 120 valence electrons. The minimum absolute atomic E-state index is 0.0480. The predicted octanol–water partition coefficient (Wildman–Crippen LogP) is 2.17. The molecule has 6 nitrogen and oxygen atoms in total. The molecule has 0 aliphatic carbocycles. The fraction of sp³-hybridized carbons (Fsp3) is 0.800. The summed E-state index contributed by atoms with van der Waals surface area (Å²) < 4.78 is 7.10. The van der Waals surface area contributed by atoms with E-state index in [4.69, 9.17) is 4.74 Å². The highest BCUT2D eigenvalue weighted by Gasteiger charge is 2.37. The number of aromatic nitrogens is 3. The Balaban J connectivity index is 2.95. The second-order valence-electron chi connectivity index (χ2n) is 6.06. The Morgan fingerprint density at radius 3 is 2.43 bits per heavy atom. The highest BCUT2D eigenvalue weighted by atomic mass is 16.5. The largest absolute Gasteiger partial charge is 0.465 e. The Morgan fingerprint density at radius 2 is 2.00 bits per heavy atom. The first-order valence-electron chi connectivity index (χ1n) is 7.54. The molecule has 21 heavy (non-hydrogen) atoms. The van der Waals surface area contributed by atoms with E-state index in [9.17, 15) is 4.79 Å². The zero-order valence-electron chi connectivity index (χ0n) is 14.2. The van der Waals surface area contributed by atoms with Gasteiger partial charge in [0.1, 0.15) is 17.2 Å². The van der Waals surface area contributed by atoms with Gasteiger partial charge in [0.2, 0.25) is 0 Å². The fourth-order valence-corrected chi connectivity index (χ4v) is 2.76. The number of nitrogens with zero attached hydrogens (tertiary/aromatic N) is 3. The predicted molar refractivity (Wildman–Crippen MR) is 82.1 cm³/mol. The van der Waals surface area contributed by atoms with Gasteiger partial charge in [0.05, 0.1) is 12.6 Å². The van der Waals surface area contributed by atoms with E-state index >= 15 is 0 Å². The van der Waals surface area contributed by atoms with Crippen molar-refractivity contribution in [1.29, 1.82) is 0 Å². The van der Waals surface area contributed by atoms with E-state index in [1.54, 1.807) is 0 Å². The maximum Gasteiger partial charge on any atom is 0.326 e. The van der Waals surface area contributed by atoms with E-state index in [0.717, 1.165) is 11.6 Å². The zero-order valence-corrected chi connectivity index (χ0v) is 14.2. The smallest absolute Gasteiger partial charge is 0.326 e. The molecule has 0 aliphatic rings. The minimum atomic E-state index is -0.740. The molecule has 0 fully saturated rings. The summed E-state index contributed by atoms with van der Waals surface area (Å²) in [5.41, 5.74) is -0.740. The SMILES string of the molecule is CCOC(=O)C(C)(CC(C)n1nc(C)nc1C)NC(C)C. The summed E-state index contributed by atoms with van der Waals surface area (Å²) in [6.45, 7) is 14.0. The molecule has 0 spiro atoms. The van der Waals surface area contributed by atoms with Crippen LogP contribution in [-0.2, 0) is 9.53 Å². The van der Waals surface area contributed by atoms with Crippen molar-refractivity contribution in [1.82, 2.24) is 20.1 Å². The standard InChI is InChI=1S/C15H28N4O2/c1-8-21-14(20)15(7,17-10(2)3)9-11(4)19-13(6)16-12(5)18-19/h10-11,17H,8-9H2,1-7H3. The molecule has 0 aromatic carbocycles. The molecule has 6 heteroatoms. The summed E-state index contributed by atoms with van der Waals surface area (Å²) in [5.74, 6) is 1.38. The van der Waals surface area contributed by atoms with Crippen molar-refractivity contribution in [3.63, 3.8) is 0 Å². The normalized spacial score (nSPS) is 15.8. The summed E-state index contributed by atoms with van der Waals surface area (Å²) in [4.78, 5) is 16.6. The second kappa shape index (κ2) is 7.02. The maximum atomic E-state index is 12.3. The van der Waals surface area contributed by atoms with Crippen LogP contribution in [0.2, 0.25) is 0 Å². The topological polar surface area (TPSA) is 69.0 Å². The average Bonchev–Trinajstić information content (AvgIpc) is 2.67. The first kappa shape index (κ1) is 17.6. The van der Waals surface area contributed by atoms with Crippen LogP contribution < -0.4 is 5.32 Å². The molecule has 1 aromatic heterocycles. The van der Waals surface area contributed by atoms with Crippen molar-refractivity contribution >= 4 is 5.97 Å². The Kier molecular flexibility index (Phi) is 5.89. The lowest BCUT2D eigenvalue weighted by atomic mass is 9.92. The molecule has 0 radical (unpaired) electrons. The lowest BCUT2D eigenvalue weighted by molar-refractivity contribution is -0.151. The van der Waals surface area contributed by atoms with Gasteiger partial charge in [-0.25, -0.2) is 9.67 Å². The average molecular weight is 296 g/mol. The Morgan fingerprint density at radius 1 is 1.38 bits per heavy atom. The third-order valence-corrected chi connectivity index (χ3v) is 3.36. The number of nitrogens with one attached hydrogen (secondary N) is 1. The number of rotatable bonds is 7. The number of esters is 1. The van der Waals surface area contributed by atoms with Crippen LogP contribution in [0, 0.1) is 13.8 Å². The summed E-state index contributed by atoms with van der Waals surface area (Å²) in [7, 11) is 0. The Hall–Kier alpha value is -1.43. The zero-order chi connectivity index (χ0) is 16.2. The molecule has 0 amide bonds. The van der Waals surface area contributed by atoms with Crippen molar-refractivity contribution in [2.45, 2.75) is 72.5 Å². The number of ether oxygens (including phenoxy) is 1.